The molecule has 2 aromatic heterocycles. The third-order valence-electron chi connectivity index (χ3n) is 4.48. The minimum Gasteiger partial charge on any atom is -0.423 e. The molecule has 0 saturated carbocycles. The van der Waals surface area contributed by atoms with Crippen LogP contribution in [0.3, 0.4) is 0 Å². The minimum absolute atomic E-state index is 0.127. The molecule has 3 rings (SSSR count). The van der Waals surface area contributed by atoms with E-state index in [0.717, 1.165) is 12.1 Å². The van der Waals surface area contributed by atoms with Gasteiger partial charge in [-0.15, -0.1) is 10.2 Å². The maximum atomic E-state index is 12.9. The summed E-state index contributed by atoms with van der Waals surface area (Å²) in [7, 11) is 0. The summed E-state index contributed by atoms with van der Waals surface area (Å²) in [5, 5.41) is 12.2. The molecule has 0 unspecified atom stereocenters. The van der Waals surface area contributed by atoms with E-state index in [1.807, 2.05) is 13.8 Å². The van der Waals surface area contributed by atoms with E-state index in [0.29, 0.717) is 31.5 Å². The van der Waals surface area contributed by atoms with E-state index in [1.165, 1.54) is 0 Å². The summed E-state index contributed by atoms with van der Waals surface area (Å²) in [6.45, 7) is 9.28. The van der Waals surface area contributed by atoms with Crippen molar-refractivity contribution >= 4 is 5.91 Å². The zero-order valence-corrected chi connectivity index (χ0v) is 15.1. The number of morpholine rings is 1. The van der Waals surface area contributed by atoms with Gasteiger partial charge < -0.3 is 18.6 Å². The number of amides is 1. The number of carbonyl (C=O) groups excluding carboxylic acids is 1. The highest BCUT2D eigenvalue weighted by Gasteiger charge is 2.35. The van der Waals surface area contributed by atoms with Gasteiger partial charge in [-0.2, -0.15) is 0 Å². The van der Waals surface area contributed by atoms with Crippen LogP contribution in [0.1, 0.15) is 80.0 Å². The first-order valence-electron chi connectivity index (χ1n) is 8.69. The molecule has 25 heavy (non-hydrogen) atoms. The van der Waals surface area contributed by atoms with E-state index in [9.17, 15) is 4.79 Å². The van der Waals surface area contributed by atoms with Gasteiger partial charge in [0, 0.05) is 24.4 Å². The first-order chi connectivity index (χ1) is 12.0. The van der Waals surface area contributed by atoms with Gasteiger partial charge in [0.15, 0.2) is 0 Å². The van der Waals surface area contributed by atoms with Crippen LogP contribution in [0.25, 0.3) is 0 Å². The second-order valence-corrected chi connectivity index (χ2v) is 6.65. The van der Waals surface area contributed by atoms with Crippen LogP contribution in [-0.2, 0) is 4.74 Å². The zero-order valence-electron chi connectivity index (χ0n) is 15.1. The van der Waals surface area contributed by atoms with Gasteiger partial charge in [0.05, 0.1) is 18.9 Å². The normalized spacial score (nSPS) is 19.4. The lowest BCUT2D eigenvalue weighted by Gasteiger charge is -2.32. The van der Waals surface area contributed by atoms with E-state index in [-0.39, 0.29) is 23.5 Å². The van der Waals surface area contributed by atoms with Gasteiger partial charge in [-0.25, -0.2) is 0 Å². The smallest absolute Gasteiger partial charge is 0.293 e. The summed E-state index contributed by atoms with van der Waals surface area (Å²) in [6.07, 6.45) is 0.931. The Morgan fingerprint density at radius 2 is 2.16 bits per heavy atom. The number of aromatic nitrogens is 3. The van der Waals surface area contributed by atoms with E-state index >= 15 is 0 Å². The summed E-state index contributed by atoms with van der Waals surface area (Å²) in [4.78, 5) is 14.5. The maximum absolute atomic E-state index is 12.9. The second kappa shape index (κ2) is 7.35. The molecule has 0 N–H and O–H groups in total. The lowest BCUT2D eigenvalue weighted by molar-refractivity contribution is -0.0125. The molecule has 2 atom stereocenters. The average Bonchev–Trinajstić information content (AvgIpc) is 3.30. The zero-order chi connectivity index (χ0) is 18.0. The van der Waals surface area contributed by atoms with Crippen molar-refractivity contribution in [1.29, 1.82) is 0 Å². The Bertz CT molecular complexity index is 724. The van der Waals surface area contributed by atoms with Crippen LogP contribution in [0, 0.1) is 0 Å². The first-order valence-corrected chi connectivity index (χ1v) is 8.69. The quantitative estimate of drug-likeness (QED) is 0.820. The molecule has 0 aliphatic carbocycles. The van der Waals surface area contributed by atoms with Crippen LogP contribution in [0.5, 0.6) is 0 Å². The van der Waals surface area contributed by atoms with Gasteiger partial charge in [-0.3, -0.25) is 4.79 Å². The third kappa shape index (κ3) is 3.58. The van der Waals surface area contributed by atoms with Crippen LogP contribution in [0.15, 0.2) is 15.0 Å². The summed E-state index contributed by atoms with van der Waals surface area (Å²) in [5.41, 5.74) is 0.788. The summed E-state index contributed by atoms with van der Waals surface area (Å²) in [6, 6.07) is 1.30. The molecular formula is C17H24N4O4. The Kier molecular flexibility index (Phi) is 5.17. The largest absolute Gasteiger partial charge is 0.423 e. The van der Waals surface area contributed by atoms with Crippen LogP contribution >= 0.6 is 0 Å². The highest BCUT2D eigenvalue weighted by molar-refractivity contribution is 5.91. The van der Waals surface area contributed by atoms with Crippen molar-refractivity contribution < 1.29 is 18.5 Å². The minimum atomic E-state index is -0.418. The highest BCUT2D eigenvalue weighted by Crippen LogP contribution is 2.27. The van der Waals surface area contributed by atoms with Gasteiger partial charge in [0.25, 0.3) is 5.91 Å². The van der Waals surface area contributed by atoms with Gasteiger partial charge in [-0.1, -0.05) is 32.9 Å². The predicted octanol–water partition coefficient (Wildman–Crippen LogP) is 2.91. The Balaban J connectivity index is 1.82. The lowest BCUT2D eigenvalue weighted by Crippen LogP contribution is -2.43. The molecule has 8 nitrogen and oxygen atoms in total. The number of carbonyl (C=O) groups is 1. The molecule has 1 fully saturated rings. The number of nitrogens with zero attached hydrogens (tertiary/aromatic N) is 4. The van der Waals surface area contributed by atoms with Gasteiger partial charge in [0.1, 0.15) is 6.04 Å². The van der Waals surface area contributed by atoms with E-state index < -0.39 is 6.04 Å². The van der Waals surface area contributed by atoms with Crippen molar-refractivity contribution in [2.45, 2.75) is 52.0 Å². The molecule has 1 saturated heterocycles. The van der Waals surface area contributed by atoms with Gasteiger partial charge in [-0.05, 0) is 6.42 Å². The van der Waals surface area contributed by atoms with Crippen LogP contribution in [0.4, 0.5) is 0 Å². The molecule has 136 valence electrons. The number of hydrogen-bond acceptors (Lipinski definition) is 7. The van der Waals surface area contributed by atoms with Crippen molar-refractivity contribution in [2.24, 2.45) is 0 Å². The molecule has 1 aliphatic rings. The topological polar surface area (TPSA) is 94.5 Å². The van der Waals surface area contributed by atoms with E-state index in [1.54, 1.807) is 11.0 Å². The standard InChI is InChI=1S/C17H24N4O4/c1-5-11(4)12-8-14(25-20-12)17(22)21-6-7-23-9-13(21)16-19-18-15(24-16)10(2)3/h8,10-11,13H,5-7,9H2,1-4H3/t11-,13+/m0/s1. The molecule has 0 bridgehead atoms. The molecule has 3 heterocycles. The van der Waals surface area contributed by atoms with Crippen molar-refractivity contribution in [3.05, 3.63) is 29.3 Å². The highest BCUT2D eigenvalue weighted by atomic mass is 16.5. The van der Waals surface area contributed by atoms with E-state index in [2.05, 4.69) is 29.2 Å². The van der Waals surface area contributed by atoms with Crippen LogP contribution < -0.4 is 0 Å². The van der Waals surface area contributed by atoms with Gasteiger partial charge >= 0.3 is 0 Å². The molecular weight excluding hydrogens is 324 g/mol. The number of ether oxygens (including phenoxy) is 1. The van der Waals surface area contributed by atoms with E-state index in [4.69, 9.17) is 13.7 Å². The molecule has 1 aliphatic heterocycles. The van der Waals surface area contributed by atoms with Crippen LogP contribution in [0.2, 0.25) is 0 Å². The van der Waals surface area contributed by atoms with Gasteiger partial charge in [0.2, 0.25) is 17.5 Å². The van der Waals surface area contributed by atoms with Crippen molar-refractivity contribution in [3.63, 3.8) is 0 Å². The predicted molar refractivity (Wildman–Crippen MR) is 88.2 cm³/mol. The summed E-state index contributed by atoms with van der Waals surface area (Å²) in [5.74, 6) is 1.30. The summed E-state index contributed by atoms with van der Waals surface area (Å²) >= 11 is 0. The Morgan fingerprint density at radius 3 is 2.84 bits per heavy atom. The SMILES string of the molecule is CC[C@H](C)c1cc(C(=O)N2CCOC[C@@H]2c2nnc(C(C)C)o2)on1. The van der Waals surface area contributed by atoms with Crippen molar-refractivity contribution in [1.82, 2.24) is 20.3 Å². The molecule has 2 aromatic rings. The monoisotopic (exact) mass is 348 g/mol. The maximum Gasteiger partial charge on any atom is 0.293 e. The summed E-state index contributed by atoms with van der Waals surface area (Å²) < 4.78 is 16.5. The average molecular weight is 348 g/mol. The molecule has 8 heteroatoms. The molecule has 0 aromatic carbocycles. The first kappa shape index (κ1) is 17.6. The molecule has 0 radical (unpaired) electrons. The number of rotatable bonds is 5. The lowest BCUT2D eigenvalue weighted by atomic mass is 10.1. The Morgan fingerprint density at radius 1 is 1.36 bits per heavy atom. The second-order valence-electron chi connectivity index (χ2n) is 6.65. The van der Waals surface area contributed by atoms with Crippen molar-refractivity contribution in [3.8, 4) is 0 Å². The molecule has 0 spiro atoms. The number of hydrogen-bond donors (Lipinski definition) is 0. The molecule has 1 amide bonds. The Hall–Kier alpha value is -2.22. The fraction of sp³-hybridized carbons (Fsp3) is 0.647. The Labute approximate surface area is 146 Å². The fourth-order valence-corrected chi connectivity index (χ4v) is 2.64. The van der Waals surface area contributed by atoms with Crippen LogP contribution in [-0.4, -0.2) is 45.9 Å². The van der Waals surface area contributed by atoms with Crippen molar-refractivity contribution in [2.75, 3.05) is 19.8 Å². The fourth-order valence-electron chi connectivity index (χ4n) is 2.64. The third-order valence-corrected chi connectivity index (χ3v) is 4.48.